The summed E-state index contributed by atoms with van der Waals surface area (Å²) in [5, 5.41) is 20.9. The highest BCUT2D eigenvalue weighted by Crippen LogP contribution is 2.45. The van der Waals surface area contributed by atoms with Crippen LogP contribution in [0.5, 0.6) is 0 Å². The maximum Gasteiger partial charge on any atom is 0.407 e. The van der Waals surface area contributed by atoms with Crippen LogP contribution in [0.25, 0.3) is 0 Å². The molecule has 1 saturated heterocycles. The number of aliphatic hydroxyl groups excluding tert-OH is 1. The number of carbonyl (C=O) groups is 1. The van der Waals surface area contributed by atoms with E-state index in [4.69, 9.17) is 9.16 Å². The highest BCUT2D eigenvalue weighted by atomic mass is 32.2. The van der Waals surface area contributed by atoms with Crippen LogP contribution in [0.2, 0.25) is 16.6 Å². The van der Waals surface area contributed by atoms with Gasteiger partial charge in [-0.2, -0.15) is 0 Å². The quantitative estimate of drug-likeness (QED) is 0.241. The van der Waals surface area contributed by atoms with E-state index in [0.29, 0.717) is 22.5 Å². The van der Waals surface area contributed by atoms with Gasteiger partial charge in [0.1, 0.15) is 0 Å². The third-order valence-corrected chi connectivity index (χ3v) is 14.7. The molecular weight excluding hydrogens is 478 g/mol. The zero-order valence-corrected chi connectivity index (χ0v) is 24.7. The molecular formula is C27H47NO5SSi. The van der Waals surface area contributed by atoms with Crippen LogP contribution < -0.4 is 0 Å². The Labute approximate surface area is 217 Å². The molecule has 0 saturated carbocycles. The topological polar surface area (TPSA) is 79.2 Å². The number of ether oxygens (including phenoxy) is 1. The third-order valence-electron chi connectivity index (χ3n) is 7.55. The van der Waals surface area contributed by atoms with Gasteiger partial charge in [0.25, 0.3) is 0 Å². The lowest BCUT2D eigenvalue weighted by atomic mass is 9.85. The number of aliphatic hydroxyl groups is 1. The van der Waals surface area contributed by atoms with Crippen molar-refractivity contribution >= 4 is 26.2 Å². The van der Waals surface area contributed by atoms with Crippen molar-refractivity contribution in [3.8, 4) is 0 Å². The Morgan fingerprint density at radius 3 is 2.11 bits per heavy atom. The van der Waals surface area contributed by atoms with Crippen LogP contribution in [0.4, 0.5) is 4.79 Å². The zero-order chi connectivity index (χ0) is 26.3. The summed E-state index contributed by atoms with van der Waals surface area (Å²) in [5.74, 6) is 1.31. The molecule has 8 heteroatoms. The summed E-state index contributed by atoms with van der Waals surface area (Å²) in [4.78, 5) is 14.4. The maximum atomic E-state index is 11.8. The summed E-state index contributed by atoms with van der Waals surface area (Å²) >= 11 is 1.83. The molecule has 1 aliphatic rings. The van der Waals surface area contributed by atoms with Gasteiger partial charge in [0.05, 0.1) is 18.8 Å². The number of nitrogens with zero attached hydrogens (tertiary/aromatic N) is 1. The third kappa shape index (κ3) is 7.48. The summed E-state index contributed by atoms with van der Waals surface area (Å²) in [7, 11) is -0.534. The second-order valence-electron chi connectivity index (χ2n) is 11.0. The first-order valence-electron chi connectivity index (χ1n) is 13.0. The van der Waals surface area contributed by atoms with Crippen LogP contribution in [0.1, 0.15) is 66.4 Å². The number of benzene rings is 1. The van der Waals surface area contributed by atoms with Gasteiger partial charge in [0.15, 0.2) is 0 Å². The molecule has 1 aromatic carbocycles. The minimum absolute atomic E-state index is 0.105. The minimum Gasteiger partial charge on any atom is -0.465 e. The average molecular weight is 526 g/mol. The SMILES string of the molecule is COC[C@H](C)CCSc1ccc([C@@H]2[C@@H](O)CN(C(=O)O)C[C@H]2O[Si](C(C)C)(C(C)C)C(C)C)cc1. The van der Waals surface area contributed by atoms with Crippen LogP contribution >= 0.6 is 11.8 Å². The fourth-order valence-electron chi connectivity index (χ4n) is 5.90. The molecule has 1 heterocycles. The Morgan fingerprint density at radius 1 is 1.06 bits per heavy atom. The smallest absolute Gasteiger partial charge is 0.407 e. The predicted octanol–water partition coefficient (Wildman–Crippen LogP) is 6.45. The van der Waals surface area contributed by atoms with Gasteiger partial charge < -0.3 is 24.3 Å². The first-order chi connectivity index (χ1) is 16.4. The Kier molecular flexibility index (Phi) is 11.6. The number of piperidine rings is 1. The van der Waals surface area contributed by atoms with Crippen molar-refractivity contribution in [3.63, 3.8) is 0 Å². The average Bonchev–Trinajstić information content (AvgIpc) is 2.77. The van der Waals surface area contributed by atoms with E-state index in [2.05, 4.69) is 72.7 Å². The highest BCUT2D eigenvalue weighted by molar-refractivity contribution is 7.99. The van der Waals surface area contributed by atoms with Gasteiger partial charge in [-0.05, 0) is 52.4 Å². The molecule has 1 amide bonds. The molecule has 200 valence electrons. The summed E-state index contributed by atoms with van der Waals surface area (Å²) < 4.78 is 12.3. The van der Waals surface area contributed by atoms with Gasteiger partial charge in [-0.3, -0.25) is 0 Å². The van der Waals surface area contributed by atoms with Gasteiger partial charge in [0.2, 0.25) is 8.32 Å². The summed E-state index contributed by atoms with van der Waals surface area (Å²) in [6.07, 6.45) is -1.09. The van der Waals surface area contributed by atoms with Gasteiger partial charge >= 0.3 is 6.09 Å². The van der Waals surface area contributed by atoms with Crippen molar-refractivity contribution in [2.24, 2.45) is 5.92 Å². The highest BCUT2D eigenvalue weighted by Gasteiger charge is 2.50. The number of hydrogen-bond acceptors (Lipinski definition) is 5. The molecule has 6 nitrogen and oxygen atoms in total. The molecule has 35 heavy (non-hydrogen) atoms. The Balaban J connectivity index is 2.29. The molecule has 0 radical (unpaired) electrons. The van der Waals surface area contributed by atoms with E-state index in [1.165, 1.54) is 9.80 Å². The van der Waals surface area contributed by atoms with Crippen LogP contribution in [0.3, 0.4) is 0 Å². The van der Waals surface area contributed by atoms with Crippen LogP contribution in [-0.4, -0.2) is 74.3 Å². The number of amides is 1. The van der Waals surface area contributed by atoms with Gasteiger partial charge in [-0.1, -0.05) is 60.6 Å². The van der Waals surface area contributed by atoms with Crippen molar-refractivity contribution in [2.75, 3.05) is 32.6 Å². The molecule has 0 spiro atoms. The summed E-state index contributed by atoms with van der Waals surface area (Å²) in [6, 6.07) is 8.41. The predicted molar refractivity (Wildman–Crippen MR) is 147 cm³/mol. The Hall–Kier alpha value is -1.06. The molecule has 0 unspecified atom stereocenters. The van der Waals surface area contributed by atoms with Gasteiger partial charge in [0, 0.05) is 31.1 Å². The number of hydrogen-bond donors (Lipinski definition) is 2. The van der Waals surface area contributed by atoms with Crippen molar-refractivity contribution in [1.82, 2.24) is 4.90 Å². The molecule has 1 aliphatic heterocycles. The van der Waals surface area contributed by atoms with E-state index < -0.39 is 20.5 Å². The van der Waals surface area contributed by atoms with Crippen molar-refractivity contribution < 1.29 is 24.2 Å². The first kappa shape index (κ1) is 30.2. The van der Waals surface area contributed by atoms with E-state index in [1.54, 1.807) is 7.11 Å². The summed E-state index contributed by atoms with van der Waals surface area (Å²) in [6.45, 7) is 16.8. The fourth-order valence-corrected chi connectivity index (χ4v) is 12.5. The van der Waals surface area contributed by atoms with Gasteiger partial charge in [-0.25, -0.2) is 4.79 Å². The minimum atomic E-state index is -2.27. The fraction of sp³-hybridized carbons (Fsp3) is 0.741. The molecule has 0 aliphatic carbocycles. The van der Waals surface area contributed by atoms with E-state index in [9.17, 15) is 15.0 Å². The van der Waals surface area contributed by atoms with E-state index in [1.807, 2.05) is 11.8 Å². The zero-order valence-electron chi connectivity index (χ0n) is 22.9. The second-order valence-corrected chi connectivity index (χ2v) is 17.6. The van der Waals surface area contributed by atoms with Crippen molar-refractivity contribution in [1.29, 1.82) is 0 Å². The van der Waals surface area contributed by atoms with Crippen LogP contribution in [0.15, 0.2) is 29.2 Å². The molecule has 4 atom stereocenters. The molecule has 2 N–H and O–H groups in total. The molecule has 2 rings (SSSR count). The van der Waals surface area contributed by atoms with Crippen LogP contribution in [0, 0.1) is 5.92 Å². The molecule has 0 aromatic heterocycles. The van der Waals surface area contributed by atoms with E-state index in [0.717, 1.165) is 24.3 Å². The lowest BCUT2D eigenvalue weighted by Gasteiger charge is -2.49. The Morgan fingerprint density at radius 2 is 1.63 bits per heavy atom. The van der Waals surface area contributed by atoms with Gasteiger partial charge in [-0.15, -0.1) is 11.8 Å². The number of rotatable bonds is 12. The normalized spacial score (nSPS) is 22.3. The number of methoxy groups -OCH3 is 1. The lowest BCUT2D eigenvalue weighted by molar-refractivity contribution is -0.0190. The van der Waals surface area contributed by atoms with E-state index in [-0.39, 0.29) is 25.1 Å². The number of β-amino-alcohol motifs (C(OH)–C–C–N with tert-alkyl or cyclic N) is 1. The van der Waals surface area contributed by atoms with Crippen molar-refractivity contribution in [3.05, 3.63) is 29.8 Å². The molecule has 0 bridgehead atoms. The second kappa shape index (κ2) is 13.5. The molecule has 1 aromatic rings. The monoisotopic (exact) mass is 525 g/mol. The lowest BCUT2D eigenvalue weighted by Crippen LogP contribution is -2.59. The largest absolute Gasteiger partial charge is 0.465 e. The standard InChI is InChI=1S/C27H47NO5SSi/c1-18(2)35(19(3)4,20(5)6)33-25-16-28(27(30)31)15-24(29)26(25)22-9-11-23(12-10-22)34-14-13-21(7)17-32-8/h9-12,18-21,24-26,29H,13-17H2,1-8H3,(H,30,31)/t21-,24+,25-,26-/m1/s1. The summed E-state index contributed by atoms with van der Waals surface area (Å²) in [5.41, 5.74) is 2.14. The van der Waals surface area contributed by atoms with E-state index >= 15 is 0 Å². The first-order valence-corrected chi connectivity index (χ1v) is 16.1. The number of likely N-dealkylation sites (tertiary alicyclic amines) is 1. The number of carboxylic acid groups (broad SMARTS) is 1. The number of thioether (sulfide) groups is 1. The van der Waals surface area contributed by atoms with Crippen molar-refractivity contribution in [2.45, 2.75) is 94.5 Å². The van der Waals surface area contributed by atoms with Crippen LogP contribution in [-0.2, 0) is 9.16 Å². The maximum absolute atomic E-state index is 11.8. The Bertz CT molecular complexity index is 767. The molecule has 1 fully saturated rings.